The van der Waals surface area contributed by atoms with E-state index in [4.69, 9.17) is 25.8 Å². The molecule has 0 aliphatic carbocycles. The lowest BCUT2D eigenvalue weighted by atomic mass is 10.2. The monoisotopic (exact) mass is 593 g/mol. The number of hydrazone groups is 1. The number of carbonyl (C=O) groups excluding carboxylic acids is 1. The molecule has 4 aromatic rings. The molecule has 0 aromatic heterocycles. The van der Waals surface area contributed by atoms with E-state index in [0.29, 0.717) is 34.4 Å². The van der Waals surface area contributed by atoms with E-state index in [2.05, 4.69) is 10.5 Å². The van der Waals surface area contributed by atoms with E-state index in [9.17, 15) is 13.2 Å². The molecular formula is C30H28ClN3O6S. The van der Waals surface area contributed by atoms with E-state index in [0.717, 1.165) is 9.87 Å². The summed E-state index contributed by atoms with van der Waals surface area (Å²) in [6.45, 7) is -0.134. The molecule has 0 saturated heterocycles. The number of rotatable bonds is 12. The Bertz CT molecular complexity index is 1600. The smallest absolute Gasteiger partial charge is 0.264 e. The van der Waals surface area contributed by atoms with Crippen LogP contribution in [0.5, 0.6) is 17.2 Å². The largest absolute Gasteiger partial charge is 0.493 e. The van der Waals surface area contributed by atoms with Crippen molar-refractivity contribution in [2.45, 2.75) is 11.5 Å². The minimum Gasteiger partial charge on any atom is -0.493 e. The van der Waals surface area contributed by atoms with E-state index >= 15 is 0 Å². The van der Waals surface area contributed by atoms with E-state index in [-0.39, 0.29) is 10.6 Å². The first-order chi connectivity index (χ1) is 19.8. The summed E-state index contributed by atoms with van der Waals surface area (Å²) in [5.74, 6) is 0.761. The topological polar surface area (TPSA) is 107 Å². The number of hydrogen-bond donors (Lipinski definition) is 1. The lowest BCUT2D eigenvalue weighted by molar-refractivity contribution is -0.119. The second-order valence-corrected chi connectivity index (χ2v) is 10.9. The normalized spacial score (nSPS) is 11.2. The fourth-order valence-electron chi connectivity index (χ4n) is 3.76. The van der Waals surface area contributed by atoms with Crippen LogP contribution in [0.3, 0.4) is 0 Å². The van der Waals surface area contributed by atoms with Gasteiger partial charge in [0.1, 0.15) is 18.9 Å². The average Bonchev–Trinajstić information content (AvgIpc) is 3.00. The van der Waals surface area contributed by atoms with Crippen molar-refractivity contribution >= 4 is 39.4 Å². The third kappa shape index (κ3) is 7.77. The Morgan fingerprint density at radius 3 is 2.24 bits per heavy atom. The van der Waals surface area contributed by atoms with E-state index < -0.39 is 22.5 Å². The first-order valence-electron chi connectivity index (χ1n) is 12.4. The Hall–Kier alpha value is -4.54. The third-order valence-electron chi connectivity index (χ3n) is 5.88. The maximum atomic E-state index is 13.5. The quantitative estimate of drug-likeness (QED) is 0.177. The molecule has 0 unspecified atom stereocenters. The lowest BCUT2D eigenvalue weighted by Gasteiger charge is -2.24. The molecule has 212 valence electrons. The standard InChI is InChI=1S/C30H28ClN3O6S/c1-38-28-17-14-25(18-29(28)39-2)34(41(36,37)27-6-4-3-5-7-27)20-30(35)33-32-19-22-10-15-26(16-11-22)40-21-23-8-12-24(31)13-9-23/h3-19H,20-21H2,1-2H3,(H,33,35)/b32-19-. The minimum atomic E-state index is -4.10. The molecule has 0 saturated carbocycles. The van der Waals surface area contributed by atoms with Crippen molar-refractivity contribution in [3.63, 3.8) is 0 Å². The van der Waals surface area contributed by atoms with Crippen molar-refractivity contribution in [3.05, 3.63) is 113 Å². The van der Waals surface area contributed by atoms with Crippen LogP contribution in [-0.2, 0) is 21.4 Å². The molecule has 0 fully saturated rings. The molecule has 0 atom stereocenters. The second-order valence-electron chi connectivity index (χ2n) is 8.64. The average molecular weight is 594 g/mol. The Morgan fingerprint density at radius 2 is 1.59 bits per heavy atom. The first-order valence-corrected chi connectivity index (χ1v) is 14.2. The van der Waals surface area contributed by atoms with E-state index in [1.165, 1.54) is 44.7 Å². The molecule has 9 nitrogen and oxygen atoms in total. The molecule has 0 radical (unpaired) electrons. The highest BCUT2D eigenvalue weighted by atomic mass is 35.5. The SMILES string of the molecule is COc1ccc(N(CC(=O)N/N=C\c2ccc(OCc3ccc(Cl)cc3)cc2)S(=O)(=O)c2ccccc2)cc1OC. The number of halogens is 1. The zero-order valence-corrected chi connectivity index (χ0v) is 23.9. The highest BCUT2D eigenvalue weighted by Crippen LogP contribution is 2.33. The van der Waals surface area contributed by atoms with Gasteiger partial charge in [0.2, 0.25) is 0 Å². The highest BCUT2D eigenvalue weighted by molar-refractivity contribution is 7.92. The molecule has 1 N–H and O–H groups in total. The molecule has 0 aliphatic rings. The van der Waals surface area contributed by atoms with E-state index in [1.54, 1.807) is 60.7 Å². The van der Waals surface area contributed by atoms with Crippen LogP contribution in [-0.4, -0.2) is 41.3 Å². The number of nitrogens with zero attached hydrogens (tertiary/aromatic N) is 2. The van der Waals surface area contributed by atoms with Gasteiger partial charge in [-0.3, -0.25) is 9.10 Å². The summed E-state index contributed by atoms with van der Waals surface area (Å²) in [5.41, 5.74) is 4.31. The summed E-state index contributed by atoms with van der Waals surface area (Å²) in [4.78, 5) is 12.9. The van der Waals surface area contributed by atoms with Crippen molar-refractivity contribution in [3.8, 4) is 17.2 Å². The van der Waals surface area contributed by atoms with Gasteiger partial charge in [-0.05, 0) is 71.8 Å². The number of nitrogens with one attached hydrogen (secondary N) is 1. The highest BCUT2D eigenvalue weighted by Gasteiger charge is 2.28. The summed E-state index contributed by atoms with van der Waals surface area (Å²) in [7, 11) is -1.18. The summed E-state index contributed by atoms with van der Waals surface area (Å²) >= 11 is 5.91. The van der Waals surface area contributed by atoms with Gasteiger partial charge in [0, 0.05) is 11.1 Å². The van der Waals surface area contributed by atoms with Crippen LogP contribution < -0.4 is 23.9 Å². The number of benzene rings is 4. The van der Waals surface area contributed by atoms with Gasteiger partial charge in [-0.2, -0.15) is 5.10 Å². The minimum absolute atomic E-state index is 0.0319. The van der Waals surface area contributed by atoms with Crippen LogP contribution in [0, 0.1) is 0 Å². The fourth-order valence-corrected chi connectivity index (χ4v) is 5.32. The maximum absolute atomic E-state index is 13.5. The summed E-state index contributed by atoms with van der Waals surface area (Å²) in [6.07, 6.45) is 1.45. The van der Waals surface area contributed by atoms with Gasteiger partial charge in [0.25, 0.3) is 15.9 Å². The van der Waals surface area contributed by atoms with Crippen molar-refractivity contribution in [2.24, 2.45) is 5.10 Å². The molecule has 41 heavy (non-hydrogen) atoms. The van der Waals surface area contributed by atoms with Gasteiger partial charge >= 0.3 is 0 Å². The third-order valence-corrected chi connectivity index (χ3v) is 7.92. The van der Waals surface area contributed by atoms with Crippen LogP contribution in [0.1, 0.15) is 11.1 Å². The van der Waals surface area contributed by atoms with Crippen LogP contribution in [0.25, 0.3) is 0 Å². The Kier molecular flexibility index (Phi) is 9.83. The fraction of sp³-hybridized carbons (Fsp3) is 0.133. The van der Waals surface area contributed by atoms with Gasteiger partial charge in [0.05, 0.1) is 31.0 Å². The van der Waals surface area contributed by atoms with Crippen LogP contribution in [0.2, 0.25) is 5.02 Å². The van der Waals surface area contributed by atoms with Crippen LogP contribution in [0.15, 0.2) is 107 Å². The summed E-state index contributed by atoms with van der Waals surface area (Å²) < 4.78 is 44.4. The molecular weight excluding hydrogens is 566 g/mol. The number of carbonyl (C=O) groups is 1. The number of anilines is 1. The first kappa shape index (κ1) is 29.4. The number of hydrogen-bond acceptors (Lipinski definition) is 7. The molecule has 0 heterocycles. The Morgan fingerprint density at radius 1 is 0.902 bits per heavy atom. The molecule has 4 aromatic carbocycles. The lowest BCUT2D eigenvalue weighted by Crippen LogP contribution is -2.39. The van der Waals surface area contributed by atoms with Crippen molar-refractivity contribution in [1.29, 1.82) is 0 Å². The zero-order valence-electron chi connectivity index (χ0n) is 22.4. The van der Waals surface area contributed by atoms with Crippen molar-refractivity contribution in [1.82, 2.24) is 5.43 Å². The van der Waals surface area contributed by atoms with Gasteiger partial charge < -0.3 is 14.2 Å². The Labute approximate surface area is 244 Å². The molecule has 0 aliphatic heterocycles. The van der Waals surface area contributed by atoms with Gasteiger partial charge in [-0.15, -0.1) is 0 Å². The molecule has 0 bridgehead atoms. The summed E-state index contributed by atoms with van der Waals surface area (Å²) in [5, 5.41) is 4.65. The molecule has 11 heteroatoms. The number of methoxy groups -OCH3 is 2. The second kappa shape index (κ2) is 13.7. The predicted octanol–water partition coefficient (Wildman–Crippen LogP) is 5.28. The van der Waals surface area contributed by atoms with Gasteiger partial charge in [-0.25, -0.2) is 13.8 Å². The molecule has 0 spiro atoms. The van der Waals surface area contributed by atoms with Gasteiger partial charge in [-0.1, -0.05) is 41.9 Å². The Balaban J connectivity index is 1.44. The number of amides is 1. The predicted molar refractivity (Wildman–Crippen MR) is 158 cm³/mol. The maximum Gasteiger partial charge on any atom is 0.264 e. The van der Waals surface area contributed by atoms with Crippen molar-refractivity contribution < 1.29 is 27.4 Å². The van der Waals surface area contributed by atoms with Crippen molar-refractivity contribution in [2.75, 3.05) is 25.1 Å². The van der Waals surface area contributed by atoms with Gasteiger partial charge in [0.15, 0.2) is 11.5 Å². The number of sulfonamides is 1. The molecule has 4 rings (SSSR count). The van der Waals surface area contributed by atoms with Crippen LogP contribution in [0.4, 0.5) is 5.69 Å². The number of ether oxygens (including phenoxy) is 3. The van der Waals surface area contributed by atoms with E-state index in [1.807, 2.05) is 12.1 Å². The van der Waals surface area contributed by atoms with Crippen LogP contribution >= 0.6 is 11.6 Å². The zero-order chi connectivity index (χ0) is 29.2. The summed E-state index contributed by atoms with van der Waals surface area (Å²) in [6, 6.07) is 27.0. The molecule has 1 amide bonds.